The Balaban J connectivity index is 0.000000182. The summed E-state index contributed by atoms with van der Waals surface area (Å²) in [6.45, 7) is 11.4. The van der Waals surface area contributed by atoms with Crippen LogP contribution in [0.5, 0.6) is 0 Å². The molecule has 1 amide bonds. The van der Waals surface area contributed by atoms with Gasteiger partial charge >= 0.3 is 0 Å². The largest absolute Gasteiger partial charge is 0.399 e. The highest BCUT2D eigenvalue weighted by molar-refractivity contribution is 6.47. The first-order chi connectivity index (χ1) is 36.1. The van der Waals surface area contributed by atoms with Crippen LogP contribution in [0.15, 0.2) is 146 Å². The van der Waals surface area contributed by atoms with E-state index in [-0.39, 0.29) is 7.43 Å². The van der Waals surface area contributed by atoms with Crippen molar-refractivity contribution < 1.29 is 28.0 Å². The molecule has 392 valence electrons. The third-order valence-corrected chi connectivity index (χ3v) is 13.2. The number of nitrogen functional groups attached to an aromatic ring is 1. The first kappa shape index (κ1) is 54.7. The maximum Gasteiger partial charge on any atom is 0.298 e. The molecule has 8 aromatic rings. The van der Waals surface area contributed by atoms with Crippen LogP contribution < -0.4 is 30.7 Å². The van der Waals surface area contributed by atoms with E-state index in [0.717, 1.165) is 84.3 Å². The van der Waals surface area contributed by atoms with Gasteiger partial charge in [-0.25, -0.2) is 28.7 Å². The molecule has 0 atom stereocenters. The van der Waals surface area contributed by atoms with Gasteiger partial charge < -0.3 is 39.8 Å². The van der Waals surface area contributed by atoms with Gasteiger partial charge in [-0.1, -0.05) is 68.1 Å². The number of hydrogen-bond donors (Lipinski definition) is 2. The SMILES string of the molecule is C.CC(=O)C(=O)c1c(-c2ccccc2)cc(C)n1C.Cc1cc(-c2ccccc2)c(C(=O)C(=O)Nc2ccc(N3CCN(c4ncc(F)cn4)CC3)cc2)n1C.Nc1ccc(N2CCN(c3ncc(F)cn3)CC2)cc1. The molecule has 0 unspecified atom stereocenters. The highest BCUT2D eigenvalue weighted by Gasteiger charge is 2.26. The first-order valence-electron chi connectivity index (χ1n) is 24.4. The van der Waals surface area contributed by atoms with Gasteiger partial charge in [0.1, 0.15) is 11.4 Å². The van der Waals surface area contributed by atoms with Gasteiger partial charge in [0, 0.05) is 119 Å². The summed E-state index contributed by atoms with van der Waals surface area (Å²) in [5.74, 6) is -1.90. The number of nitrogens with one attached hydrogen (secondary N) is 1. The summed E-state index contributed by atoms with van der Waals surface area (Å²) in [7, 11) is 3.59. The smallest absolute Gasteiger partial charge is 0.298 e. The zero-order chi connectivity index (χ0) is 53.2. The molecule has 4 aromatic heterocycles. The number of nitrogens with zero attached hydrogens (tertiary/aromatic N) is 10. The van der Waals surface area contributed by atoms with E-state index in [1.807, 2.05) is 128 Å². The number of aromatic nitrogens is 6. The third-order valence-electron chi connectivity index (χ3n) is 13.2. The lowest BCUT2D eigenvalue weighted by Gasteiger charge is -2.36. The van der Waals surface area contributed by atoms with Gasteiger partial charge in [-0.05, 0) is 85.6 Å². The van der Waals surface area contributed by atoms with Crippen LogP contribution in [0.4, 0.5) is 43.4 Å². The Morgan fingerprint density at radius 2 is 0.868 bits per heavy atom. The van der Waals surface area contributed by atoms with Crippen molar-refractivity contribution >= 4 is 57.9 Å². The molecule has 0 saturated carbocycles. The monoisotopic (exact) mass is 1030 g/mol. The highest BCUT2D eigenvalue weighted by Crippen LogP contribution is 2.29. The van der Waals surface area contributed by atoms with E-state index in [1.54, 1.807) is 35.4 Å². The lowest BCUT2D eigenvalue weighted by molar-refractivity contribution is -0.113. The molecule has 0 bridgehead atoms. The molecular weight excluding hydrogens is 967 g/mol. The van der Waals surface area contributed by atoms with Crippen LogP contribution in [0, 0.1) is 25.5 Å². The van der Waals surface area contributed by atoms with Crippen molar-refractivity contribution in [3.05, 3.63) is 181 Å². The van der Waals surface area contributed by atoms with Crippen molar-refractivity contribution in [2.45, 2.75) is 28.2 Å². The van der Waals surface area contributed by atoms with Gasteiger partial charge in [-0.15, -0.1) is 0 Å². The van der Waals surface area contributed by atoms with Crippen molar-refractivity contribution in [3.8, 4) is 22.3 Å². The quantitative estimate of drug-likeness (QED) is 0.0713. The Bertz CT molecular complexity index is 3190. The van der Waals surface area contributed by atoms with Gasteiger partial charge in [0.05, 0.1) is 24.8 Å². The van der Waals surface area contributed by atoms with E-state index in [4.69, 9.17) is 5.73 Å². The van der Waals surface area contributed by atoms with Crippen LogP contribution in [0.2, 0.25) is 0 Å². The Kier molecular flexibility index (Phi) is 17.8. The average Bonchev–Trinajstić information content (AvgIpc) is 3.92. The van der Waals surface area contributed by atoms with Crippen molar-refractivity contribution in [1.29, 1.82) is 0 Å². The minimum atomic E-state index is -0.681. The van der Waals surface area contributed by atoms with Crippen LogP contribution in [-0.2, 0) is 23.7 Å². The molecule has 16 nitrogen and oxygen atoms in total. The van der Waals surface area contributed by atoms with Crippen LogP contribution in [-0.4, -0.2) is 105 Å². The summed E-state index contributed by atoms with van der Waals surface area (Å²) < 4.78 is 29.4. The second kappa shape index (κ2) is 24.8. The van der Waals surface area contributed by atoms with E-state index in [2.05, 4.69) is 40.0 Å². The Morgan fingerprint density at radius 3 is 1.25 bits per heavy atom. The predicted octanol–water partition coefficient (Wildman–Crippen LogP) is 9.01. The molecule has 10 rings (SSSR count). The Labute approximate surface area is 441 Å². The first-order valence-corrected chi connectivity index (χ1v) is 24.4. The maximum atomic E-state index is 13.2. The zero-order valence-electron chi connectivity index (χ0n) is 42.5. The Hall–Kier alpha value is -9.06. The molecule has 4 aromatic carbocycles. The minimum Gasteiger partial charge on any atom is -0.399 e. The second-order valence-electron chi connectivity index (χ2n) is 18.1. The molecule has 2 saturated heterocycles. The minimum absolute atomic E-state index is 0. The molecule has 2 aliphatic rings. The lowest BCUT2D eigenvalue weighted by atomic mass is 10.0. The van der Waals surface area contributed by atoms with Gasteiger partial charge in [0.15, 0.2) is 11.6 Å². The fourth-order valence-corrected chi connectivity index (χ4v) is 8.86. The predicted molar refractivity (Wildman–Crippen MR) is 296 cm³/mol. The number of Topliss-reactive ketones (excluding diaryl/α,β-unsaturated/α-hetero) is 3. The number of carbonyl (C=O) groups is 4. The van der Waals surface area contributed by atoms with Crippen molar-refractivity contribution in [3.63, 3.8) is 0 Å². The lowest BCUT2D eigenvalue weighted by Crippen LogP contribution is -2.47. The zero-order valence-corrected chi connectivity index (χ0v) is 42.5. The number of rotatable bonds is 11. The van der Waals surface area contributed by atoms with E-state index in [1.165, 1.54) is 37.4 Å². The number of anilines is 6. The number of amides is 1. The molecule has 6 heterocycles. The molecule has 0 aliphatic carbocycles. The summed E-state index contributed by atoms with van der Waals surface area (Å²) in [4.78, 5) is 74.2. The number of aryl methyl sites for hydroxylation is 2. The van der Waals surface area contributed by atoms with Crippen molar-refractivity contribution in [2.75, 3.05) is 83.0 Å². The average molecular weight is 1030 g/mol. The fraction of sp³-hybridized carbons (Fsp3) is 0.241. The van der Waals surface area contributed by atoms with Gasteiger partial charge in [0.2, 0.25) is 23.5 Å². The number of carbonyl (C=O) groups excluding carboxylic acids is 4. The van der Waals surface area contributed by atoms with Gasteiger partial charge in [-0.3, -0.25) is 19.2 Å². The van der Waals surface area contributed by atoms with Crippen LogP contribution in [0.3, 0.4) is 0 Å². The molecular formula is C58H62F2N12O4. The van der Waals surface area contributed by atoms with Crippen LogP contribution in [0.25, 0.3) is 22.3 Å². The number of piperazine rings is 2. The third kappa shape index (κ3) is 13.0. The summed E-state index contributed by atoms with van der Waals surface area (Å²) in [6, 6.07) is 38.4. The van der Waals surface area contributed by atoms with E-state index in [0.29, 0.717) is 42.1 Å². The number of nitrogens with two attached hydrogens (primary N) is 1. The van der Waals surface area contributed by atoms with E-state index < -0.39 is 34.9 Å². The van der Waals surface area contributed by atoms with E-state index >= 15 is 0 Å². The molecule has 76 heavy (non-hydrogen) atoms. The Morgan fingerprint density at radius 1 is 0.513 bits per heavy atom. The summed E-state index contributed by atoms with van der Waals surface area (Å²) in [5.41, 5.74) is 15.3. The van der Waals surface area contributed by atoms with Crippen molar-refractivity contribution in [1.82, 2.24) is 29.1 Å². The number of benzene rings is 4. The molecule has 0 spiro atoms. The number of hydrogen-bond acceptors (Lipinski definition) is 13. The molecule has 18 heteroatoms. The second-order valence-corrected chi connectivity index (χ2v) is 18.1. The molecule has 2 aliphatic heterocycles. The normalized spacial score (nSPS) is 13.1. The standard InChI is InChI=1S/C28H27FN6O2.C15H15NO2.C14H16FN5.CH4/c1-19-16-24(20-6-4-3-5-7-20)25(33(19)2)26(36)27(37)32-22-8-10-23(11-9-22)34-12-14-35(15-13-34)28-30-17-21(29)18-31-28;1-10-9-13(12-7-5-4-6-8-12)14(16(10)3)15(18)11(2)17;15-11-9-17-14(18-10-11)20-7-5-19(6-8-20)13-3-1-12(16)2-4-13;/h3-11,16-18H,12-15H2,1-2H3,(H,32,37);4-9H,1-3H3;1-4,9-10H,5-8,16H2;1H4. The fourth-order valence-electron chi connectivity index (χ4n) is 8.86. The number of halogens is 2. The number of ketones is 3. The van der Waals surface area contributed by atoms with Gasteiger partial charge in [0.25, 0.3) is 11.7 Å². The molecule has 2 fully saturated rings. The molecule has 0 radical (unpaired) electrons. The van der Waals surface area contributed by atoms with Crippen LogP contribution >= 0.6 is 0 Å². The highest BCUT2D eigenvalue weighted by atomic mass is 19.1. The summed E-state index contributed by atoms with van der Waals surface area (Å²) >= 11 is 0. The van der Waals surface area contributed by atoms with E-state index in [9.17, 15) is 28.0 Å². The van der Waals surface area contributed by atoms with Gasteiger partial charge in [-0.2, -0.15) is 0 Å². The summed E-state index contributed by atoms with van der Waals surface area (Å²) in [5, 5.41) is 2.74. The van der Waals surface area contributed by atoms with Crippen LogP contribution in [0.1, 0.15) is 46.7 Å². The topological polar surface area (TPSA) is 181 Å². The molecule has 3 N–H and O–H groups in total. The summed E-state index contributed by atoms with van der Waals surface area (Å²) in [6.07, 6.45) is 4.76. The van der Waals surface area contributed by atoms with Crippen molar-refractivity contribution in [2.24, 2.45) is 14.1 Å². The maximum absolute atomic E-state index is 13.2.